The van der Waals surface area contributed by atoms with Gasteiger partial charge in [-0.1, -0.05) is 36.4 Å². The van der Waals surface area contributed by atoms with Gasteiger partial charge in [0, 0.05) is 18.9 Å². The third kappa shape index (κ3) is 7.03. The summed E-state index contributed by atoms with van der Waals surface area (Å²) in [5.41, 5.74) is 1.95. The van der Waals surface area contributed by atoms with Crippen LogP contribution in [0.4, 0.5) is 0 Å². The molecule has 0 spiro atoms. The first-order valence-corrected chi connectivity index (χ1v) is 9.82. The van der Waals surface area contributed by atoms with Gasteiger partial charge in [0.1, 0.15) is 0 Å². The highest BCUT2D eigenvalue weighted by atomic mass is 32.2. The van der Waals surface area contributed by atoms with Crippen LogP contribution in [0.2, 0.25) is 0 Å². The summed E-state index contributed by atoms with van der Waals surface area (Å²) in [6.45, 7) is 1.85. The Morgan fingerprint density at radius 2 is 1.84 bits per heavy atom. The van der Waals surface area contributed by atoms with E-state index in [4.69, 9.17) is 0 Å². The van der Waals surface area contributed by atoms with E-state index in [1.165, 1.54) is 6.92 Å². The van der Waals surface area contributed by atoms with Gasteiger partial charge in [0.2, 0.25) is 15.9 Å². The number of nitrogens with one attached hydrogen (secondary N) is 2. The molecule has 1 amide bonds. The highest BCUT2D eigenvalue weighted by Gasteiger charge is 2.19. The molecule has 0 bridgehead atoms. The minimum atomic E-state index is -3.50. The van der Waals surface area contributed by atoms with E-state index in [0.29, 0.717) is 19.4 Å². The number of benzene rings is 1. The lowest BCUT2D eigenvalue weighted by Gasteiger charge is -2.14. The number of pyridine rings is 1. The number of sulfonamides is 1. The Morgan fingerprint density at radius 3 is 2.52 bits per heavy atom. The van der Waals surface area contributed by atoms with Crippen molar-refractivity contribution in [2.75, 3.05) is 5.75 Å². The SMILES string of the molecule is C[C@H](NS(=O)(=O)CCCc1ccccc1)C(=O)NCc1cccnc1. The van der Waals surface area contributed by atoms with E-state index in [0.717, 1.165) is 11.1 Å². The molecule has 0 aliphatic rings. The number of aryl methyl sites for hydroxylation is 1. The summed E-state index contributed by atoms with van der Waals surface area (Å²) >= 11 is 0. The van der Waals surface area contributed by atoms with Crippen LogP contribution >= 0.6 is 0 Å². The van der Waals surface area contributed by atoms with Crippen LogP contribution in [-0.4, -0.2) is 31.1 Å². The molecule has 1 atom stereocenters. The molecule has 0 unspecified atom stereocenters. The highest BCUT2D eigenvalue weighted by Crippen LogP contribution is 2.04. The van der Waals surface area contributed by atoms with Crippen LogP contribution < -0.4 is 10.0 Å². The summed E-state index contributed by atoms with van der Waals surface area (Å²) in [7, 11) is -3.50. The summed E-state index contributed by atoms with van der Waals surface area (Å²) in [6.07, 6.45) is 4.49. The number of carbonyl (C=O) groups excluding carboxylic acids is 1. The van der Waals surface area contributed by atoms with Crippen molar-refractivity contribution < 1.29 is 13.2 Å². The van der Waals surface area contributed by atoms with Gasteiger partial charge in [-0.25, -0.2) is 13.1 Å². The van der Waals surface area contributed by atoms with Crippen molar-refractivity contribution in [3.63, 3.8) is 0 Å². The zero-order valence-electron chi connectivity index (χ0n) is 14.2. The molecule has 134 valence electrons. The molecule has 2 rings (SSSR count). The minimum absolute atomic E-state index is 0.0118. The predicted octanol–water partition coefficient (Wildman–Crippen LogP) is 1.64. The first-order chi connectivity index (χ1) is 12.0. The van der Waals surface area contributed by atoms with Gasteiger partial charge in [0.15, 0.2) is 0 Å². The van der Waals surface area contributed by atoms with Crippen LogP contribution in [0.5, 0.6) is 0 Å². The van der Waals surface area contributed by atoms with E-state index in [1.807, 2.05) is 36.4 Å². The maximum Gasteiger partial charge on any atom is 0.238 e. The van der Waals surface area contributed by atoms with E-state index >= 15 is 0 Å². The van der Waals surface area contributed by atoms with Crippen LogP contribution in [-0.2, 0) is 27.8 Å². The lowest BCUT2D eigenvalue weighted by molar-refractivity contribution is -0.122. The van der Waals surface area contributed by atoms with Crippen molar-refractivity contribution in [3.8, 4) is 0 Å². The molecule has 2 N–H and O–H groups in total. The van der Waals surface area contributed by atoms with E-state index in [-0.39, 0.29) is 11.7 Å². The van der Waals surface area contributed by atoms with Crippen molar-refractivity contribution in [1.82, 2.24) is 15.0 Å². The average Bonchev–Trinajstić information content (AvgIpc) is 2.61. The van der Waals surface area contributed by atoms with Gasteiger partial charge >= 0.3 is 0 Å². The number of hydrogen-bond acceptors (Lipinski definition) is 4. The maximum absolute atomic E-state index is 12.1. The molecule has 7 heteroatoms. The summed E-state index contributed by atoms with van der Waals surface area (Å²) in [5, 5.41) is 2.70. The normalized spacial score (nSPS) is 12.5. The summed E-state index contributed by atoms with van der Waals surface area (Å²) in [5.74, 6) is -0.377. The number of nitrogens with zero attached hydrogens (tertiary/aromatic N) is 1. The van der Waals surface area contributed by atoms with E-state index in [2.05, 4.69) is 15.0 Å². The highest BCUT2D eigenvalue weighted by molar-refractivity contribution is 7.89. The van der Waals surface area contributed by atoms with Gasteiger partial charge in [-0.05, 0) is 37.0 Å². The molecule has 1 aromatic heterocycles. The van der Waals surface area contributed by atoms with Crippen LogP contribution in [0.25, 0.3) is 0 Å². The average molecular weight is 361 g/mol. The molecular weight excluding hydrogens is 338 g/mol. The fourth-order valence-corrected chi connectivity index (χ4v) is 3.63. The Morgan fingerprint density at radius 1 is 1.12 bits per heavy atom. The Kier molecular flexibility index (Phi) is 7.09. The Hall–Kier alpha value is -2.25. The molecule has 1 aromatic carbocycles. The lowest BCUT2D eigenvalue weighted by Crippen LogP contribution is -2.45. The smallest absolute Gasteiger partial charge is 0.238 e. The van der Waals surface area contributed by atoms with Gasteiger partial charge in [-0.2, -0.15) is 0 Å². The van der Waals surface area contributed by atoms with Crippen LogP contribution in [0.1, 0.15) is 24.5 Å². The minimum Gasteiger partial charge on any atom is -0.351 e. The van der Waals surface area contributed by atoms with Crippen LogP contribution in [0.15, 0.2) is 54.9 Å². The van der Waals surface area contributed by atoms with Crippen molar-refractivity contribution in [2.45, 2.75) is 32.4 Å². The Labute approximate surface area is 148 Å². The fourth-order valence-electron chi connectivity index (χ4n) is 2.34. The monoisotopic (exact) mass is 361 g/mol. The molecule has 0 saturated carbocycles. The van der Waals surface area contributed by atoms with E-state index < -0.39 is 16.1 Å². The van der Waals surface area contributed by atoms with Crippen molar-refractivity contribution in [2.24, 2.45) is 0 Å². The topological polar surface area (TPSA) is 88.2 Å². The summed E-state index contributed by atoms with van der Waals surface area (Å²) < 4.78 is 26.6. The standard InChI is InChI=1S/C18H23N3O3S/c1-15(18(22)20-14-17-9-5-11-19-13-17)21-25(23,24)12-6-10-16-7-3-2-4-8-16/h2-5,7-9,11,13,15,21H,6,10,12,14H2,1H3,(H,20,22)/t15-/m0/s1. The van der Waals surface area contributed by atoms with Crippen molar-refractivity contribution in [3.05, 3.63) is 66.0 Å². The van der Waals surface area contributed by atoms with Gasteiger partial charge in [0.05, 0.1) is 11.8 Å². The molecule has 0 radical (unpaired) electrons. The molecule has 0 aliphatic heterocycles. The summed E-state index contributed by atoms with van der Waals surface area (Å²) in [6, 6.07) is 12.5. The largest absolute Gasteiger partial charge is 0.351 e. The second-order valence-corrected chi connectivity index (χ2v) is 7.70. The Bertz CT molecular complexity index is 765. The molecule has 6 nitrogen and oxygen atoms in total. The number of amides is 1. The van der Waals surface area contributed by atoms with E-state index in [9.17, 15) is 13.2 Å². The number of carbonyl (C=O) groups is 1. The zero-order chi connectivity index (χ0) is 18.1. The molecule has 0 saturated heterocycles. The number of aromatic nitrogens is 1. The molecule has 0 aliphatic carbocycles. The Balaban J connectivity index is 1.75. The maximum atomic E-state index is 12.1. The van der Waals surface area contributed by atoms with Crippen LogP contribution in [0.3, 0.4) is 0 Å². The van der Waals surface area contributed by atoms with Crippen molar-refractivity contribution >= 4 is 15.9 Å². The molecule has 1 heterocycles. The zero-order valence-corrected chi connectivity index (χ0v) is 15.0. The predicted molar refractivity (Wildman–Crippen MR) is 97.2 cm³/mol. The third-order valence-electron chi connectivity index (χ3n) is 3.66. The van der Waals surface area contributed by atoms with Gasteiger partial charge in [0.25, 0.3) is 0 Å². The van der Waals surface area contributed by atoms with Gasteiger partial charge in [-0.3, -0.25) is 9.78 Å². The second kappa shape index (κ2) is 9.29. The third-order valence-corrected chi connectivity index (χ3v) is 5.20. The van der Waals surface area contributed by atoms with Gasteiger partial charge < -0.3 is 5.32 Å². The number of hydrogen-bond donors (Lipinski definition) is 2. The lowest BCUT2D eigenvalue weighted by atomic mass is 10.1. The molecule has 0 fully saturated rings. The molecule has 2 aromatic rings. The molecular formula is C18H23N3O3S. The first kappa shape index (κ1) is 19.1. The fraction of sp³-hybridized carbons (Fsp3) is 0.333. The van der Waals surface area contributed by atoms with Crippen LogP contribution in [0, 0.1) is 0 Å². The second-order valence-electron chi connectivity index (χ2n) is 5.83. The molecule has 25 heavy (non-hydrogen) atoms. The quantitative estimate of drug-likeness (QED) is 0.711. The van der Waals surface area contributed by atoms with Gasteiger partial charge in [-0.15, -0.1) is 0 Å². The number of rotatable bonds is 9. The summed E-state index contributed by atoms with van der Waals surface area (Å²) in [4.78, 5) is 16.0. The van der Waals surface area contributed by atoms with E-state index in [1.54, 1.807) is 18.5 Å². The van der Waals surface area contributed by atoms with Crippen molar-refractivity contribution in [1.29, 1.82) is 0 Å². The first-order valence-electron chi connectivity index (χ1n) is 8.17.